The van der Waals surface area contributed by atoms with Crippen molar-refractivity contribution in [1.82, 2.24) is 10.6 Å². The van der Waals surface area contributed by atoms with Crippen LogP contribution in [0.4, 0.5) is 0 Å². The molecule has 0 saturated heterocycles. The summed E-state index contributed by atoms with van der Waals surface area (Å²) in [5, 5.41) is 18.5. The Kier molecular flexibility index (Phi) is 8.91. The molecule has 3 N–H and O–H groups in total. The smallest absolute Gasteiger partial charge is 0.191 e. The summed E-state index contributed by atoms with van der Waals surface area (Å²) in [7, 11) is 3.34. The zero-order chi connectivity index (χ0) is 16.7. The van der Waals surface area contributed by atoms with Crippen LogP contribution in [0.5, 0.6) is 11.5 Å². The summed E-state index contributed by atoms with van der Waals surface area (Å²) in [5.41, 5.74) is 0.763. The maximum absolute atomic E-state index is 9.90. The van der Waals surface area contributed by atoms with Crippen LogP contribution >= 0.6 is 35.3 Å². The minimum atomic E-state index is 0. The quantitative estimate of drug-likeness (QED) is 0.350. The van der Waals surface area contributed by atoms with Crippen LogP contribution in [0.25, 0.3) is 0 Å². The lowest BCUT2D eigenvalue weighted by Gasteiger charge is -2.16. The van der Waals surface area contributed by atoms with Gasteiger partial charge in [-0.15, -0.1) is 35.3 Å². The van der Waals surface area contributed by atoms with Gasteiger partial charge in [-0.2, -0.15) is 0 Å². The third-order valence-electron chi connectivity index (χ3n) is 3.56. The van der Waals surface area contributed by atoms with E-state index in [-0.39, 0.29) is 29.7 Å². The molecule has 0 spiro atoms. The van der Waals surface area contributed by atoms with Crippen LogP contribution in [-0.2, 0) is 6.54 Å². The maximum atomic E-state index is 9.90. The average molecular weight is 461 g/mol. The third kappa shape index (κ3) is 5.86. The molecule has 24 heavy (non-hydrogen) atoms. The SMILES string of the molecule is CN=C(NCc1cc(OC)ccc1O)NCC(C)c1cccs1.I. The molecule has 2 rings (SSSR count). The van der Waals surface area contributed by atoms with Crippen LogP contribution in [0.15, 0.2) is 40.7 Å². The molecule has 0 aliphatic rings. The van der Waals surface area contributed by atoms with Crippen LogP contribution in [0, 0.1) is 0 Å². The number of phenols is 1. The molecule has 132 valence electrons. The van der Waals surface area contributed by atoms with Crippen molar-refractivity contribution < 1.29 is 9.84 Å². The molecule has 1 heterocycles. The molecular formula is C17H24IN3O2S. The van der Waals surface area contributed by atoms with Gasteiger partial charge < -0.3 is 20.5 Å². The van der Waals surface area contributed by atoms with Gasteiger partial charge in [-0.05, 0) is 29.6 Å². The fourth-order valence-electron chi connectivity index (χ4n) is 2.15. The van der Waals surface area contributed by atoms with Gasteiger partial charge in [0.05, 0.1) is 7.11 Å². The van der Waals surface area contributed by atoms with Crippen molar-refractivity contribution in [2.75, 3.05) is 20.7 Å². The first-order valence-electron chi connectivity index (χ1n) is 7.47. The Morgan fingerprint density at radius 1 is 1.33 bits per heavy atom. The summed E-state index contributed by atoms with van der Waals surface area (Å²) in [6.45, 7) is 3.44. The molecular weight excluding hydrogens is 437 g/mol. The number of methoxy groups -OCH3 is 1. The van der Waals surface area contributed by atoms with Gasteiger partial charge in [-0.1, -0.05) is 13.0 Å². The second kappa shape index (κ2) is 10.4. The Balaban J connectivity index is 0.00000288. The number of thiophene rings is 1. The number of benzene rings is 1. The summed E-state index contributed by atoms with van der Waals surface area (Å²) < 4.78 is 5.18. The van der Waals surface area contributed by atoms with Gasteiger partial charge in [0.2, 0.25) is 0 Å². The first-order chi connectivity index (χ1) is 11.1. The highest BCUT2D eigenvalue weighted by molar-refractivity contribution is 14.0. The zero-order valence-electron chi connectivity index (χ0n) is 14.1. The highest BCUT2D eigenvalue weighted by Gasteiger charge is 2.08. The molecule has 1 atom stereocenters. The highest BCUT2D eigenvalue weighted by Crippen LogP contribution is 2.22. The van der Waals surface area contributed by atoms with Gasteiger partial charge >= 0.3 is 0 Å². The van der Waals surface area contributed by atoms with E-state index in [2.05, 4.69) is 40.1 Å². The Morgan fingerprint density at radius 2 is 2.12 bits per heavy atom. The van der Waals surface area contributed by atoms with Crippen molar-refractivity contribution in [3.05, 3.63) is 46.2 Å². The predicted octanol–water partition coefficient (Wildman–Crippen LogP) is 3.55. The lowest BCUT2D eigenvalue weighted by Crippen LogP contribution is -2.38. The third-order valence-corrected chi connectivity index (χ3v) is 4.66. The summed E-state index contributed by atoms with van der Waals surface area (Å²) in [6.07, 6.45) is 0. The van der Waals surface area contributed by atoms with E-state index in [1.165, 1.54) is 4.88 Å². The summed E-state index contributed by atoms with van der Waals surface area (Å²) in [4.78, 5) is 5.56. The van der Waals surface area contributed by atoms with Gasteiger partial charge in [0.1, 0.15) is 11.5 Å². The fourth-order valence-corrected chi connectivity index (χ4v) is 2.94. The Hall–Kier alpha value is -1.48. The minimum Gasteiger partial charge on any atom is -0.508 e. The molecule has 1 unspecified atom stereocenters. The van der Waals surface area contributed by atoms with E-state index in [0.29, 0.717) is 24.2 Å². The number of guanidine groups is 1. The van der Waals surface area contributed by atoms with Gasteiger partial charge in [0.15, 0.2) is 5.96 Å². The van der Waals surface area contributed by atoms with Gasteiger partial charge in [-0.3, -0.25) is 4.99 Å². The molecule has 0 aliphatic heterocycles. The number of aliphatic imine (C=N–C) groups is 1. The molecule has 0 amide bonds. The van der Waals surface area contributed by atoms with Crippen LogP contribution in [-0.4, -0.2) is 31.8 Å². The van der Waals surface area contributed by atoms with Crippen molar-refractivity contribution in [3.8, 4) is 11.5 Å². The average Bonchev–Trinajstić information content (AvgIpc) is 3.10. The standard InChI is InChI=1S/C17H23N3O2S.HI/c1-12(16-5-4-8-23-16)10-19-17(18-2)20-11-13-9-14(22-3)6-7-15(13)21;/h4-9,12,21H,10-11H2,1-3H3,(H2,18,19,20);1H. The largest absolute Gasteiger partial charge is 0.508 e. The van der Waals surface area contributed by atoms with Crippen molar-refractivity contribution >= 4 is 41.3 Å². The molecule has 0 fully saturated rings. The normalized spacial score (nSPS) is 12.2. The van der Waals surface area contributed by atoms with Gasteiger partial charge in [0, 0.05) is 36.5 Å². The lowest BCUT2D eigenvalue weighted by atomic mass is 10.1. The number of hydrogen-bond acceptors (Lipinski definition) is 4. The molecule has 2 aromatic rings. The van der Waals surface area contributed by atoms with Crippen LogP contribution in [0.3, 0.4) is 0 Å². The van der Waals surface area contributed by atoms with E-state index in [1.807, 2.05) is 6.07 Å². The Labute approximate surface area is 164 Å². The maximum Gasteiger partial charge on any atom is 0.191 e. The van der Waals surface area contributed by atoms with E-state index < -0.39 is 0 Å². The Bertz CT molecular complexity index is 647. The van der Waals surface area contributed by atoms with Crippen LogP contribution in [0.1, 0.15) is 23.3 Å². The second-order valence-corrected chi connectivity index (χ2v) is 6.20. The zero-order valence-corrected chi connectivity index (χ0v) is 17.2. The van der Waals surface area contributed by atoms with Crippen molar-refractivity contribution in [1.29, 1.82) is 0 Å². The number of hydrogen-bond donors (Lipinski definition) is 3. The summed E-state index contributed by atoms with van der Waals surface area (Å²) in [6, 6.07) is 9.38. The van der Waals surface area contributed by atoms with Gasteiger partial charge in [-0.25, -0.2) is 0 Å². The number of phenolic OH excluding ortho intramolecular Hbond substituents is 1. The Morgan fingerprint density at radius 3 is 2.75 bits per heavy atom. The highest BCUT2D eigenvalue weighted by atomic mass is 127. The number of aromatic hydroxyl groups is 1. The van der Waals surface area contributed by atoms with Crippen molar-refractivity contribution in [3.63, 3.8) is 0 Å². The van der Waals surface area contributed by atoms with Crippen molar-refractivity contribution in [2.24, 2.45) is 4.99 Å². The van der Waals surface area contributed by atoms with E-state index in [4.69, 9.17) is 4.74 Å². The first-order valence-corrected chi connectivity index (χ1v) is 8.35. The first kappa shape index (κ1) is 20.6. The fraction of sp³-hybridized carbons (Fsp3) is 0.353. The van der Waals surface area contributed by atoms with Gasteiger partial charge in [0.25, 0.3) is 0 Å². The predicted molar refractivity (Wildman–Crippen MR) is 111 cm³/mol. The molecule has 0 bridgehead atoms. The molecule has 0 aliphatic carbocycles. The van der Waals surface area contributed by atoms with E-state index >= 15 is 0 Å². The molecule has 1 aromatic heterocycles. The van der Waals surface area contributed by atoms with Crippen molar-refractivity contribution in [2.45, 2.75) is 19.4 Å². The number of halogens is 1. The van der Waals surface area contributed by atoms with Crippen LogP contribution in [0.2, 0.25) is 0 Å². The second-order valence-electron chi connectivity index (χ2n) is 5.22. The number of nitrogens with zero attached hydrogens (tertiary/aromatic N) is 1. The van der Waals surface area contributed by atoms with E-state index in [0.717, 1.165) is 12.1 Å². The van der Waals surface area contributed by atoms with Crippen LogP contribution < -0.4 is 15.4 Å². The monoisotopic (exact) mass is 461 g/mol. The molecule has 1 aromatic carbocycles. The topological polar surface area (TPSA) is 65.9 Å². The molecule has 0 radical (unpaired) electrons. The number of nitrogens with one attached hydrogen (secondary N) is 2. The summed E-state index contributed by atoms with van der Waals surface area (Å²) in [5.74, 6) is 2.07. The molecule has 0 saturated carbocycles. The lowest BCUT2D eigenvalue weighted by molar-refractivity contribution is 0.410. The summed E-state index contributed by atoms with van der Waals surface area (Å²) >= 11 is 1.76. The number of ether oxygens (including phenoxy) is 1. The van der Waals surface area contributed by atoms with E-state index in [9.17, 15) is 5.11 Å². The number of rotatable bonds is 6. The minimum absolute atomic E-state index is 0. The molecule has 7 heteroatoms. The molecule has 5 nitrogen and oxygen atoms in total. The van der Waals surface area contributed by atoms with E-state index in [1.54, 1.807) is 37.6 Å².